The van der Waals surface area contributed by atoms with E-state index in [1.165, 1.54) is 0 Å². The molecule has 1 aromatic carbocycles. The normalized spacial score (nSPS) is 13.9. The number of aryl methyl sites for hydroxylation is 2. The zero-order valence-electron chi connectivity index (χ0n) is 9.65. The van der Waals surface area contributed by atoms with Crippen LogP contribution >= 0.6 is 0 Å². The maximum absolute atomic E-state index is 12.3. The number of hydrogen-bond acceptors (Lipinski definition) is 1. The molecule has 0 aliphatic heterocycles. The smallest absolute Gasteiger partial charge is 0.313 e. The number of hydrogen-bond donors (Lipinski definition) is 1. The minimum atomic E-state index is -4.15. The van der Waals surface area contributed by atoms with E-state index in [1.54, 1.807) is 13.1 Å². The average molecular weight is 231 g/mol. The average Bonchev–Trinajstić information content (AvgIpc) is 2.13. The monoisotopic (exact) mass is 231 g/mol. The van der Waals surface area contributed by atoms with Crippen molar-refractivity contribution < 1.29 is 13.2 Å². The molecule has 0 radical (unpaired) electrons. The second-order valence-corrected chi connectivity index (χ2v) is 4.02. The molecular weight excluding hydrogens is 215 g/mol. The molecule has 0 aliphatic carbocycles. The van der Waals surface area contributed by atoms with Gasteiger partial charge in [-0.25, -0.2) is 0 Å². The van der Waals surface area contributed by atoms with E-state index in [-0.39, 0.29) is 0 Å². The lowest BCUT2D eigenvalue weighted by Crippen LogP contribution is -2.24. The summed E-state index contributed by atoms with van der Waals surface area (Å²) in [5, 5.41) is 2.72. The SMILES string of the molecule is CNC(CC(F)(F)F)c1ccc(C)cc1C. The van der Waals surface area contributed by atoms with Crippen LogP contribution in [0.4, 0.5) is 13.2 Å². The van der Waals surface area contributed by atoms with Crippen molar-refractivity contribution in [3.8, 4) is 0 Å². The molecule has 1 N–H and O–H groups in total. The van der Waals surface area contributed by atoms with E-state index >= 15 is 0 Å². The van der Waals surface area contributed by atoms with Crippen LogP contribution in [0.15, 0.2) is 18.2 Å². The van der Waals surface area contributed by atoms with E-state index in [0.717, 1.165) is 11.1 Å². The first-order valence-electron chi connectivity index (χ1n) is 5.14. The van der Waals surface area contributed by atoms with Crippen LogP contribution in [0.3, 0.4) is 0 Å². The molecule has 0 saturated carbocycles. The minimum Gasteiger partial charge on any atom is -0.313 e. The molecule has 0 bridgehead atoms. The molecule has 1 unspecified atom stereocenters. The summed E-state index contributed by atoms with van der Waals surface area (Å²) in [5.74, 6) is 0. The van der Waals surface area contributed by atoms with Gasteiger partial charge in [0, 0.05) is 6.04 Å². The highest BCUT2D eigenvalue weighted by Crippen LogP contribution is 2.30. The largest absolute Gasteiger partial charge is 0.390 e. The summed E-state index contributed by atoms with van der Waals surface area (Å²) < 4.78 is 37.0. The highest BCUT2D eigenvalue weighted by molar-refractivity contribution is 5.32. The third-order valence-electron chi connectivity index (χ3n) is 2.58. The van der Waals surface area contributed by atoms with Gasteiger partial charge in [-0.05, 0) is 32.0 Å². The van der Waals surface area contributed by atoms with Crippen molar-refractivity contribution in [1.82, 2.24) is 5.32 Å². The van der Waals surface area contributed by atoms with Crippen LogP contribution in [0.25, 0.3) is 0 Å². The van der Waals surface area contributed by atoms with Gasteiger partial charge in [0.25, 0.3) is 0 Å². The highest BCUT2D eigenvalue weighted by atomic mass is 19.4. The van der Waals surface area contributed by atoms with E-state index in [1.807, 2.05) is 26.0 Å². The summed E-state index contributed by atoms with van der Waals surface area (Å²) in [6.07, 6.45) is -4.99. The van der Waals surface area contributed by atoms with E-state index in [9.17, 15) is 13.2 Å². The van der Waals surface area contributed by atoms with Gasteiger partial charge in [0.1, 0.15) is 0 Å². The Morgan fingerprint density at radius 3 is 2.31 bits per heavy atom. The fraction of sp³-hybridized carbons (Fsp3) is 0.500. The molecule has 0 amide bonds. The van der Waals surface area contributed by atoms with Crippen LogP contribution in [0.1, 0.15) is 29.2 Å². The van der Waals surface area contributed by atoms with E-state index in [0.29, 0.717) is 5.56 Å². The molecule has 0 heterocycles. The summed E-state index contributed by atoms with van der Waals surface area (Å²) >= 11 is 0. The van der Waals surface area contributed by atoms with Gasteiger partial charge in [-0.15, -0.1) is 0 Å². The van der Waals surface area contributed by atoms with Crippen LogP contribution in [0, 0.1) is 13.8 Å². The Morgan fingerprint density at radius 1 is 1.25 bits per heavy atom. The number of alkyl halides is 3. The van der Waals surface area contributed by atoms with Crippen molar-refractivity contribution in [3.63, 3.8) is 0 Å². The number of benzene rings is 1. The second-order valence-electron chi connectivity index (χ2n) is 4.02. The Hall–Kier alpha value is -1.03. The van der Waals surface area contributed by atoms with Crippen molar-refractivity contribution in [2.24, 2.45) is 0 Å². The maximum Gasteiger partial charge on any atom is 0.390 e. The number of rotatable bonds is 3. The Bertz CT molecular complexity index is 358. The molecule has 1 atom stereocenters. The summed E-state index contributed by atoms with van der Waals surface area (Å²) in [6.45, 7) is 3.76. The number of halogens is 3. The first-order chi connectivity index (χ1) is 7.33. The van der Waals surface area contributed by atoms with Gasteiger partial charge in [0.15, 0.2) is 0 Å². The molecule has 16 heavy (non-hydrogen) atoms. The lowest BCUT2D eigenvalue weighted by molar-refractivity contribution is -0.140. The molecule has 0 saturated heterocycles. The van der Waals surface area contributed by atoms with Crippen molar-refractivity contribution in [2.75, 3.05) is 7.05 Å². The summed E-state index contributed by atoms with van der Waals surface area (Å²) in [5.41, 5.74) is 2.66. The first kappa shape index (κ1) is 13.0. The zero-order chi connectivity index (χ0) is 12.3. The lowest BCUT2D eigenvalue weighted by atomic mass is 9.97. The number of nitrogens with one attached hydrogen (secondary N) is 1. The molecule has 1 aromatic rings. The van der Waals surface area contributed by atoms with Crippen LogP contribution in [0.5, 0.6) is 0 Å². The molecule has 0 fully saturated rings. The van der Waals surface area contributed by atoms with Gasteiger partial charge in [-0.1, -0.05) is 23.8 Å². The third kappa shape index (κ3) is 3.52. The molecular formula is C12H16F3N. The fourth-order valence-corrected chi connectivity index (χ4v) is 1.82. The molecule has 0 spiro atoms. The van der Waals surface area contributed by atoms with Gasteiger partial charge >= 0.3 is 6.18 Å². The molecule has 0 aliphatic rings. The van der Waals surface area contributed by atoms with Crippen LogP contribution in [-0.4, -0.2) is 13.2 Å². The molecule has 90 valence electrons. The van der Waals surface area contributed by atoms with Gasteiger partial charge in [0.05, 0.1) is 6.42 Å². The third-order valence-corrected chi connectivity index (χ3v) is 2.58. The molecule has 1 rings (SSSR count). The minimum absolute atomic E-state index is 0.666. The topological polar surface area (TPSA) is 12.0 Å². The van der Waals surface area contributed by atoms with Crippen LogP contribution in [-0.2, 0) is 0 Å². The fourth-order valence-electron chi connectivity index (χ4n) is 1.82. The quantitative estimate of drug-likeness (QED) is 0.839. The maximum atomic E-state index is 12.3. The Labute approximate surface area is 93.7 Å². The summed E-state index contributed by atoms with van der Waals surface area (Å²) in [6, 6.07) is 4.83. The van der Waals surface area contributed by atoms with Gasteiger partial charge < -0.3 is 5.32 Å². The molecule has 0 aromatic heterocycles. The molecule has 4 heteroatoms. The van der Waals surface area contributed by atoms with Crippen LogP contribution < -0.4 is 5.32 Å². The predicted octanol–water partition coefficient (Wildman–Crippen LogP) is 3.52. The summed E-state index contributed by atoms with van der Waals surface area (Å²) in [7, 11) is 1.55. The Morgan fingerprint density at radius 2 is 1.88 bits per heavy atom. The first-order valence-corrected chi connectivity index (χ1v) is 5.14. The van der Waals surface area contributed by atoms with E-state index < -0.39 is 18.6 Å². The van der Waals surface area contributed by atoms with Gasteiger partial charge in [-0.3, -0.25) is 0 Å². The molecule has 1 nitrogen and oxygen atoms in total. The van der Waals surface area contributed by atoms with Crippen molar-refractivity contribution in [3.05, 3.63) is 34.9 Å². The van der Waals surface area contributed by atoms with Crippen LogP contribution in [0.2, 0.25) is 0 Å². The van der Waals surface area contributed by atoms with Crippen molar-refractivity contribution in [2.45, 2.75) is 32.5 Å². The Balaban J connectivity index is 2.95. The van der Waals surface area contributed by atoms with Crippen molar-refractivity contribution in [1.29, 1.82) is 0 Å². The van der Waals surface area contributed by atoms with Gasteiger partial charge in [0.2, 0.25) is 0 Å². The zero-order valence-corrected chi connectivity index (χ0v) is 9.65. The van der Waals surface area contributed by atoms with Gasteiger partial charge in [-0.2, -0.15) is 13.2 Å². The van der Waals surface area contributed by atoms with Crippen molar-refractivity contribution >= 4 is 0 Å². The lowest BCUT2D eigenvalue weighted by Gasteiger charge is -2.20. The Kier molecular flexibility index (Phi) is 3.97. The highest BCUT2D eigenvalue weighted by Gasteiger charge is 2.32. The second kappa shape index (κ2) is 4.87. The predicted molar refractivity (Wildman–Crippen MR) is 58.4 cm³/mol. The van der Waals surface area contributed by atoms with E-state index in [4.69, 9.17) is 0 Å². The van der Waals surface area contributed by atoms with E-state index in [2.05, 4.69) is 5.32 Å². The standard InChI is InChI=1S/C12H16F3N/c1-8-4-5-10(9(2)6-8)11(16-3)7-12(13,14)15/h4-6,11,16H,7H2,1-3H3. The summed E-state index contributed by atoms with van der Waals surface area (Å²) in [4.78, 5) is 0.